The normalized spacial score (nSPS) is 18.1. The number of nitrogens with zero attached hydrogens (tertiary/aromatic N) is 1. The molecule has 0 aromatic heterocycles. The highest BCUT2D eigenvalue weighted by Crippen LogP contribution is 2.41. The number of allylic oxidation sites excluding steroid dienone is 1. The molecule has 4 heteroatoms. The van der Waals surface area contributed by atoms with E-state index in [-0.39, 0.29) is 0 Å². The van der Waals surface area contributed by atoms with E-state index in [1.165, 1.54) is 27.2 Å². The van der Waals surface area contributed by atoms with Crippen LogP contribution in [0, 0.1) is 0 Å². The van der Waals surface area contributed by atoms with E-state index in [1.54, 1.807) is 7.05 Å². The molecule has 0 saturated heterocycles. The molecule has 1 aliphatic carbocycles. The van der Waals surface area contributed by atoms with E-state index in [2.05, 4.69) is 12.1 Å². The Balaban J connectivity index is 1.91. The number of likely N-dealkylation sites (N-methyl/N-ethyl adjacent to an activating group) is 1. The van der Waals surface area contributed by atoms with Gasteiger partial charge in [0.2, 0.25) is 0 Å². The predicted molar refractivity (Wildman–Crippen MR) is 72.6 cm³/mol. The summed E-state index contributed by atoms with van der Waals surface area (Å²) in [5.41, 5.74) is 5.26. The van der Waals surface area contributed by atoms with E-state index in [4.69, 9.17) is 9.84 Å². The lowest BCUT2D eigenvalue weighted by molar-refractivity contribution is 0.160. The minimum absolute atomic E-state index is 0.439. The number of fused-ring (bicyclic) bond motifs is 3. The number of amides is 1. The van der Waals surface area contributed by atoms with Crippen molar-refractivity contribution in [3.63, 3.8) is 0 Å². The minimum atomic E-state index is -0.892. The monoisotopic (exact) mass is 259 g/mol. The van der Waals surface area contributed by atoms with Gasteiger partial charge in [-0.25, -0.2) is 4.79 Å². The molecule has 0 bridgehead atoms. The van der Waals surface area contributed by atoms with Crippen molar-refractivity contribution in [2.45, 2.75) is 19.3 Å². The number of rotatable bonds is 2. The van der Waals surface area contributed by atoms with Crippen LogP contribution in [0.4, 0.5) is 4.79 Å². The second kappa shape index (κ2) is 4.61. The molecule has 0 unspecified atom stereocenters. The highest BCUT2D eigenvalue weighted by molar-refractivity contribution is 5.77. The number of aryl methyl sites for hydroxylation is 1. The first-order valence-electron chi connectivity index (χ1n) is 6.58. The van der Waals surface area contributed by atoms with Crippen LogP contribution in [0.15, 0.2) is 18.2 Å². The molecule has 1 aromatic rings. The van der Waals surface area contributed by atoms with Crippen LogP contribution in [0.3, 0.4) is 0 Å². The molecule has 0 radical (unpaired) electrons. The standard InChI is InChI=1S/C15H17NO3/c1-16(15(17)18)8-6-11-3-2-10-4-5-13-12(14(10)11)7-9-19-13/h4-6H,2-3,7-9H2,1H3,(H,17,18)/b11-6-. The minimum Gasteiger partial charge on any atom is -0.493 e. The topological polar surface area (TPSA) is 49.8 Å². The van der Waals surface area contributed by atoms with Gasteiger partial charge < -0.3 is 14.7 Å². The van der Waals surface area contributed by atoms with Gasteiger partial charge in [-0.15, -0.1) is 0 Å². The van der Waals surface area contributed by atoms with Crippen LogP contribution in [-0.4, -0.2) is 36.3 Å². The third-order valence-corrected chi connectivity index (χ3v) is 3.89. The summed E-state index contributed by atoms with van der Waals surface area (Å²) in [6.07, 6.45) is 4.16. The molecule has 3 rings (SSSR count). The van der Waals surface area contributed by atoms with E-state index in [1.807, 2.05) is 6.08 Å². The van der Waals surface area contributed by atoms with E-state index in [9.17, 15) is 4.79 Å². The fourth-order valence-corrected chi connectivity index (χ4v) is 2.86. The van der Waals surface area contributed by atoms with Crippen LogP contribution in [-0.2, 0) is 12.8 Å². The van der Waals surface area contributed by atoms with Crippen molar-refractivity contribution in [1.82, 2.24) is 4.90 Å². The van der Waals surface area contributed by atoms with Crippen LogP contribution < -0.4 is 4.74 Å². The average Bonchev–Trinajstić information content (AvgIpc) is 3.01. The molecule has 1 N–H and O–H groups in total. The maximum absolute atomic E-state index is 10.8. The van der Waals surface area contributed by atoms with Gasteiger partial charge in [0.15, 0.2) is 0 Å². The fraction of sp³-hybridized carbons (Fsp3) is 0.400. The van der Waals surface area contributed by atoms with Gasteiger partial charge in [0, 0.05) is 25.6 Å². The molecular weight excluding hydrogens is 242 g/mol. The van der Waals surface area contributed by atoms with Gasteiger partial charge >= 0.3 is 6.09 Å². The Kier molecular flexibility index (Phi) is 2.93. The molecule has 0 saturated carbocycles. The maximum Gasteiger partial charge on any atom is 0.407 e. The van der Waals surface area contributed by atoms with Crippen molar-refractivity contribution in [3.8, 4) is 5.75 Å². The summed E-state index contributed by atoms with van der Waals surface area (Å²) in [7, 11) is 1.59. The maximum atomic E-state index is 10.8. The lowest BCUT2D eigenvalue weighted by atomic mass is 9.98. The van der Waals surface area contributed by atoms with Crippen molar-refractivity contribution >= 4 is 11.7 Å². The number of ether oxygens (including phenoxy) is 1. The molecule has 0 spiro atoms. The first-order valence-corrected chi connectivity index (χ1v) is 6.58. The molecular formula is C15H17NO3. The number of hydrogen-bond acceptors (Lipinski definition) is 2. The van der Waals surface area contributed by atoms with Gasteiger partial charge in [-0.2, -0.15) is 0 Å². The molecule has 1 aliphatic heterocycles. The molecule has 1 heterocycles. The van der Waals surface area contributed by atoms with Crippen LogP contribution >= 0.6 is 0 Å². The number of benzene rings is 1. The van der Waals surface area contributed by atoms with Crippen molar-refractivity contribution in [2.24, 2.45) is 0 Å². The third kappa shape index (κ3) is 2.07. The van der Waals surface area contributed by atoms with Gasteiger partial charge in [0.05, 0.1) is 6.61 Å². The summed E-state index contributed by atoms with van der Waals surface area (Å²) in [6, 6.07) is 4.20. The van der Waals surface area contributed by atoms with E-state index in [0.29, 0.717) is 6.54 Å². The molecule has 0 fully saturated rings. The molecule has 1 aromatic carbocycles. The molecule has 1 amide bonds. The van der Waals surface area contributed by atoms with Crippen molar-refractivity contribution in [3.05, 3.63) is 34.9 Å². The second-order valence-electron chi connectivity index (χ2n) is 5.07. The highest BCUT2D eigenvalue weighted by atomic mass is 16.5. The Hall–Kier alpha value is -1.97. The van der Waals surface area contributed by atoms with Crippen LogP contribution in [0.25, 0.3) is 5.57 Å². The molecule has 0 atom stereocenters. The van der Waals surface area contributed by atoms with E-state index >= 15 is 0 Å². The van der Waals surface area contributed by atoms with Crippen molar-refractivity contribution in [1.29, 1.82) is 0 Å². The summed E-state index contributed by atoms with van der Waals surface area (Å²) in [6.45, 7) is 1.20. The number of hydrogen-bond donors (Lipinski definition) is 1. The fourth-order valence-electron chi connectivity index (χ4n) is 2.86. The Morgan fingerprint density at radius 3 is 3.05 bits per heavy atom. The zero-order valence-corrected chi connectivity index (χ0v) is 11.0. The van der Waals surface area contributed by atoms with Gasteiger partial charge in [-0.05, 0) is 35.6 Å². The van der Waals surface area contributed by atoms with Gasteiger partial charge in [-0.1, -0.05) is 12.1 Å². The first kappa shape index (κ1) is 12.1. The van der Waals surface area contributed by atoms with Crippen LogP contribution in [0.5, 0.6) is 5.75 Å². The predicted octanol–water partition coefficient (Wildman–Crippen LogP) is 2.56. The second-order valence-corrected chi connectivity index (χ2v) is 5.07. The lowest BCUT2D eigenvalue weighted by Crippen LogP contribution is -2.24. The zero-order chi connectivity index (χ0) is 13.4. The smallest absolute Gasteiger partial charge is 0.407 e. The quantitative estimate of drug-likeness (QED) is 0.888. The lowest BCUT2D eigenvalue weighted by Gasteiger charge is -2.11. The van der Waals surface area contributed by atoms with Gasteiger partial charge in [0.1, 0.15) is 5.75 Å². The Morgan fingerprint density at radius 1 is 1.42 bits per heavy atom. The Bertz CT molecular complexity index is 563. The number of carbonyl (C=O) groups is 1. The van der Waals surface area contributed by atoms with Crippen LogP contribution in [0.2, 0.25) is 0 Å². The SMILES string of the molecule is CN(C/C=C1/CCc2ccc3c(c21)CCO3)C(=O)O. The Morgan fingerprint density at radius 2 is 2.26 bits per heavy atom. The van der Waals surface area contributed by atoms with Crippen molar-refractivity contribution in [2.75, 3.05) is 20.2 Å². The van der Waals surface area contributed by atoms with Gasteiger partial charge in [0.25, 0.3) is 0 Å². The molecule has 100 valence electrons. The highest BCUT2D eigenvalue weighted by Gasteiger charge is 2.25. The van der Waals surface area contributed by atoms with E-state index < -0.39 is 6.09 Å². The summed E-state index contributed by atoms with van der Waals surface area (Å²) in [5, 5.41) is 8.88. The number of carboxylic acid groups (broad SMARTS) is 1. The summed E-state index contributed by atoms with van der Waals surface area (Å²) >= 11 is 0. The Labute approximate surface area is 112 Å². The first-order chi connectivity index (χ1) is 9.16. The molecule has 19 heavy (non-hydrogen) atoms. The molecule has 4 nitrogen and oxygen atoms in total. The largest absolute Gasteiger partial charge is 0.493 e. The molecule has 2 aliphatic rings. The zero-order valence-electron chi connectivity index (χ0n) is 11.0. The van der Waals surface area contributed by atoms with Gasteiger partial charge in [-0.3, -0.25) is 0 Å². The van der Waals surface area contributed by atoms with Crippen LogP contribution in [0.1, 0.15) is 23.1 Å². The summed E-state index contributed by atoms with van der Waals surface area (Å²) in [4.78, 5) is 12.1. The summed E-state index contributed by atoms with van der Waals surface area (Å²) in [5.74, 6) is 0.998. The average molecular weight is 259 g/mol. The third-order valence-electron chi connectivity index (χ3n) is 3.89. The summed E-state index contributed by atoms with van der Waals surface area (Å²) < 4.78 is 5.60. The van der Waals surface area contributed by atoms with Crippen molar-refractivity contribution < 1.29 is 14.6 Å². The van der Waals surface area contributed by atoms with E-state index in [0.717, 1.165) is 31.6 Å².